The van der Waals surface area contributed by atoms with Crippen molar-refractivity contribution in [1.82, 2.24) is 14.7 Å². The van der Waals surface area contributed by atoms with Gasteiger partial charge in [-0.05, 0) is 68.9 Å². The zero-order valence-corrected chi connectivity index (χ0v) is 18.4. The van der Waals surface area contributed by atoms with Crippen LogP contribution in [0.1, 0.15) is 56.3 Å². The van der Waals surface area contributed by atoms with E-state index in [1.54, 1.807) is 0 Å². The summed E-state index contributed by atoms with van der Waals surface area (Å²) in [4.78, 5) is 17.0. The largest absolute Gasteiger partial charge is 0.444 e. The number of carbonyl (C=O) groups excluding carboxylic acids is 1. The van der Waals surface area contributed by atoms with Gasteiger partial charge in [0.1, 0.15) is 11.4 Å². The Morgan fingerprint density at radius 2 is 2.07 bits per heavy atom. The molecule has 0 saturated carbocycles. The molecule has 3 heterocycles. The summed E-state index contributed by atoms with van der Waals surface area (Å²) in [5, 5.41) is 5.02. The Morgan fingerprint density at radius 3 is 2.76 bits per heavy atom. The van der Waals surface area contributed by atoms with Gasteiger partial charge in [0.15, 0.2) is 0 Å². The van der Waals surface area contributed by atoms with Crippen molar-refractivity contribution in [3.63, 3.8) is 0 Å². The summed E-state index contributed by atoms with van der Waals surface area (Å²) in [6.45, 7) is 8.16. The van der Waals surface area contributed by atoms with Gasteiger partial charge in [0, 0.05) is 37.8 Å². The molecule has 1 amide bonds. The van der Waals surface area contributed by atoms with Crippen molar-refractivity contribution in [2.24, 2.45) is 7.05 Å². The molecule has 2 aliphatic rings. The third kappa shape index (κ3) is 4.08. The number of amides is 1. The lowest BCUT2D eigenvalue weighted by Gasteiger charge is -2.34. The SMILES string of the molecule is Cn1nccc1N1CCc2c(cc(Cl)cc2[C@@H]2CCCN2C(=O)OC(C)(C)C)C1. The van der Waals surface area contributed by atoms with Crippen LogP contribution in [0.4, 0.5) is 10.6 Å². The van der Waals surface area contributed by atoms with Crippen molar-refractivity contribution < 1.29 is 9.53 Å². The number of fused-ring (bicyclic) bond motifs is 1. The Balaban J connectivity index is 1.63. The molecular weight excluding hydrogens is 388 g/mol. The molecule has 4 rings (SSSR count). The van der Waals surface area contributed by atoms with Crippen molar-refractivity contribution >= 4 is 23.5 Å². The third-order valence-electron chi connectivity index (χ3n) is 5.69. The molecule has 0 spiro atoms. The fraction of sp³-hybridized carbons (Fsp3) is 0.545. The molecule has 1 aromatic heterocycles. The van der Waals surface area contributed by atoms with E-state index in [1.807, 2.05) is 55.7 Å². The molecule has 2 aliphatic heterocycles. The monoisotopic (exact) mass is 416 g/mol. The van der Waals surface area contributed by atoms with E-state index in [1.165, 1.54) is 16.7 Å². The molecule has 1 fully saturated rings. The van der Waals surface area contributed by atoms with Crippen LogP contribution in [0.3, 0.4) is 0 Å². The topological polar surface area (TPSA) is 50.6 Å². The van der Waals surface area contributed by atoms with Gasteiger partial charge in [-0.15, -0.1) is 0 Å². The van der Waals surface area contributed by atoms with E-state index in [-0.39, 0.29) is 12.1 Å². The number of rotatable bonds is 2. The fourth-order valence-corrected chi connectivity index (χ4v) is 4.74. The first-order chi connectivity index (χ1) is 13.7. The molecule has 7 heteroatoms. The van der Waals surface area contributed by atoms with Crippen LogP contribution in [0.2, 0.25) is 5.02 Å². The number of benzene rings is 1. The molecule has 156 valence electrons. The van der Waals surface area contributed by atoms with E-state index >= 15 is 0 Å². The zero-order valence-electron chi connectivity index (χ0n) is 17.6. The van der Waals surface area contributed by atoms with Crippen LogP contribution in [0, 0.1) is 0 Å². The van der Waals surface area contributed by atoms with Gasteiger partial charge in [0.05, 0.1) is 12.2 Å². The van der Waals surface area contributed by atoms with Gasteiger partial charge in [-0.3, -0.25) is 4.68 Å². The Bertz CT molecular complexity index is 918. The van der Waals surface area contributed by atoms with Gasteiger partial charge in [0.25, 0.3) is 0 Å². The summed E-state index contributed by atoms with van der Waals surface area (Å²) in [7, 11) is 1.96. The lowest BCUT2D eigenvalue weighted by atomic mass is 9.90. The predicted octanol–water partition coefficient (Wildman–Crippen LogP) is 4.71. The standard InChI is InChI=1S/C22H29ClN4O2/c1-22(2,3)29-21(28)27-10-5-6-19(27)18-13-16(23)12-15-14-26(11-8-17(15)18)20-7-9-24-25(20)4/h7,9,12-13,19H,5-6,8,10-11,14H2,1-4H3/t19-/m0/s1. The highest BCUT2D eigenvalue weighted by Crippen LogP contribution is 2.39. The van der Waals surface area contributed by atoms with Crippen molar-refractivity contribution in [2.75, 3.05) is 18.0 Å². The summed E-state index contributed by atoms with van der Waals surface area (Å²) in [6, 6.07) is 6.18. The van der Waals surface area contributed by atoms with Gasteiger partial charge < -0.3 is 14.5 Å². The second kappa shape index (κ2) is 7.56. The fourth-order valence-electron chi connectivity index (χ4n) is 4.49. The molecular formula is C22H29ClN4O2. The Kier molecular flexibility index (Phi) is 5.23. The molecule has 0 N–H and O–H groups in total. The summed E-state index contributed by atoms with van der Waals surface area (Å²) >= 11 is 6.53. The lowest BCUT2D eigenvalue weighted by molar-refractivity contribution is 0.0224. The quantitative estimate of drug-likeness (QED) is 0.711. The number of ether oxygens (including phenoxy) is 1. The first-order valence-corrected chi connectivity index (χ1v) is 10.6. The van der Waals surface area contributed by atoms with E-state index in [4.69, 9.17) is 16.3 Å². The van der Waals surface area contributed by atoms with Crippen molar-refractivity contribution in [3.8, 4) is 0 Å². The molecule has 29 heavy (non-hydrogen) atoms. The molecule has 6 nitrogen and oxygen atoms in total. The highest BCUT2D eigenvalue weighted by atomic mass is 35.5. The molecule has 1 atom stereocenters. The maximum absolute atomic E-state index is 12.8. The van der Waals surface area contributed by atoms with Crippen LogP contribution >= 0.6 is 11.6 Å². The summed E-state index contributed by atoms with van der Waals surface area (Å²) < 4.78 is 7.56. The molecule has 0 unspecified atom stereocenters. The minimum atomic E-state index is -0.498. The van der Waals surface area contributed by atoms with Crippen LogP contribution in [0.25, 0.3) is 0 Å². The molecule has 1 aromatic carbocycles. The molecule has 0 aliphatic carbocycles. The second-order valence-corrected chi connectivity index (χ2v) is 9.39. The van der Waals surface area contributed by atoms with Crippen LogP contribution in [-0.4, -0.2) is 39.5 Å². The molecule has 1 saturated heterocycles. The van der Waals surface area contributed by atoms with Crippen molar-refractivity contribution in [1.29, 1.82) is 0 Å². The maximum atomic E-state index is 12.8. The zero-order chi connectivity index (χ0) is 20.8. The number of halogens is 1. The number of likely N-dealkylation sites (tertiary alicyclic amines) is 1. The van der Waals surface area contributed by atoms with Gasteiger partial charge in [-0.2, -0.15) is 5.10 Å². The minimum absolute atomic E-state index is 0.0283. The first-order valence-electron chi connectivity index (χ1n) is 10.3. The van der Waals surface area contributed by atoms with Gasteiger partial charge in [-0.1, -0.05) is 11.6 Å². The van der Waals surface area contributed by atoms with E-state index < -0.39 is 5.60 Å². The number of hydrogen-bond donors (Lipinski definition) is 0. The number of carbonyl (C=O) groups is 1. The van der Waals surface area contributed by atoms with Gasteiger partial charge in [-0.25, -0.2) is 4.79 Å². The molecule has 0 bridgehead atoms. The third-order valence-corrected chi connectivity index (χ3v) is 5.91. The van der Waals surface area contributed by atoms with Gasteiger partial charge in [0.2, 0.25) is 0 Å². The Labute approximate surface area is 177 Å². The van der Waals surface area contributed by atoms with Crippen molar-refractivity contribution in [2.45, 2.75) is 58.2 Å². The minimum Gasteiger partial charge on any atom is -0.444 e. The van der Waals surface area contributed by atoms with Crippen molar-refractivity contribution in [3.05, 3.63) is 46.1 Å². The Hall–Kier alpha value is -2.21. The Morgan fingerprint density at radius 1 is 1.28 bits per heavy atom. The van der Waals surface area contributed by atoms with Crippen LogP contribution in [-0.2, 0) is 24.8 Å². The second-order valence-electron chi connectivity index (χ2n) is 8.95. The van der Waals surface area contributed by atoms with E-state index in [9.17, 15) is 4.79 Å². The van der Waals surface area contributed by atoms with E-state index in [0.717, 1.165) is 49.7 Å². The maximum Gasteiger partial charge on any atom is 0.410 e. The molecule has 0 radical (unpaired) electrons. The van der Waals surface area contributed by atoms with Gasteiger partial charge >= 0.3 is 6.09 Å². The highest BCUT2D eigenvalue weighted by Gasteiger charge is 2.35. The first kappa shape index (κ1) is 20.1. The van der Waals surface area contributed by atoms with Crippen LogP contribution in [0.5, 0.6) is 0 Å². The van der Waals surface area contributed by atoms with E-state index in [2.05, 4.69) is 16.1 Å². The number of anilines is 1. The number of aryl methyl sites for hydroxylation is 1. The van der Waals surface area contributed by atoms with Crippen LogP contribution < -0.4 is 4.90 Å². The smallest absolute Gasteiger partial charge is 0.410 e. The van der Waals surface area contributed by atoms with Crippen LogP contribution in [0.15, 0.2) is 24.4 Å². The summed E-state index contributed by atoms with van der Waals surface area (Å²) in [5.74, 6) is 1.11. The predicted molar refractivity (Wildman–Crippen MR) is 114 cm³/mol. The average Bonchev–Trinajstić information content (AvgIpc) is 3.28. The average molecular weight is 417 g/mol. The molecule has 2 aromatic rings. The summed E-state index contributed by atoms with van der Waals surface area (Å²) in [6.07, 6.45) is 4.43. The van der Waals surface area contributed by atoms with E-state index in [0.29, 0.717) is 0 Å². The highest BCUT2D eigenvalue weighted by molar-refractivity contribution is 6.30. The lowest BCUT2D eigenvalue weighted by Crippen LogP contribution is -2.37. The number of hydrogen-bond acceptors (Lipinski definition) is 4. The normalized spacial score (nSPS) is 19.4. The summed E-state index contributed by atoms with van der Waals surface area (Å²) in [5.41, 5.74) is 3.24. The number of aromatic nitrogens is 2. The number of nitrogens with zero attached hydrogens (tertiary/aromatic N) is 4.